The van der Waals surface area contributed by atoms with Crippen LogP contribution in [0.1, 0.15) is 39.0 Å². The van der Waals surface area contributed by atoms with E-state index in [9.17, 15) is 14.3 Å². The SMILES string of the molecule is CCCCCP(=O)(O)C(N)CCC(=O)O. The van der Waals surface area contributed by atoms with Crippen LogP contribution >= 0.6 is 7.37 Å². The van der Waals surface area contributed by atoms with E-state index in [4.69, 9.17) is 10.8 Å². The molecule has 0 aromatic carbocycles. The molecule has 5 nitrogen and oxygen atoms in total. The lowest BCUT2D eigenvalue weighted by Gasteiger charge is -2.18. The van der Waals surface area contributed by atoms with Crippen LogP contribution in [0.15, 0.2) is 0 Å². The van der Waals surface area contributed by atoms with Gasteiger partial charge in [0.25, 0.3) is 0 Å². The molecule has 4 N–H and O–H groups in total. The van der Waals surface area contributed by atoms with Gasteiger partial charge >= 0.3 is 5.97 Å². The smallest absolute Gasteiger partial charge is 0.303 e. The summed E-state index contributed by atoms with van der Waals surface area (Å²) >= 11 is 0. The maximum absolute atomic E-state index is 11.6. The van der Waals surface area contributed by atoms with E-state index < -0.39 is 19.1 Å². The minimum Gasteiger partial charge on any atom is -0.481 e. The summed E-state index contributed by atoms with van der Waals surface area (Å²) in [6.07, 6.45) is 2.65. The van der Waals surface area contributed by atoms with Gasteiger partial charge in [-0.2, -0.15) is 0 Å². The molecule has 0 aromatic rings. The van der Waals surface area contributed by atoms with Gasteiger partial charge in [0.1, 0.15) is 0 Å². The molecule has 0 amide bonds. The Kier molecular flexibility index (Phi) is 6.81. The second kappa shape index (κ2) is 6.99. The number of aliphatic carboxylic acids is 1. The Hall–Kier alpha value is -0.380. The molecule has 0 saturated carbocycles. The molecule has 0 aliphatic rings. The number of carboxylic acid groups (broad SMARTS) is 1. The summed E-state index contributed by atoms with van der Waals surface area (Å²) in [6, 6.07) is 0. The van der Waals surface area contributed by atoms with Gasteiger partial charge in [0, 0.05) is 12.6 Å². The van der Waals surface area contributed by atoms with Gasteiger partial charge in [-0.1, -0.05) is 19.8 Å². The first-order valence-corrected chi connectivity index (χ1v) is 7.10. The molecule has 0 bridgehead atoms. The minimum absolute atomic E-state index is 0.0647. The van der Waals surface area contributed by atoms with E-state index in [0.717, 1.165) is 12.8 Å². The third-order valence-corrected chi connectivity index (χ3v) is 4.51. The number of carboxylic acids is 1. The summed E-state index contributed by atoms with van der Waals surface area (Å²) in [6.45, 7) is 2.01. The van der Waals surface area contributed by atoms with Crippen molar-refractivity contribution >= 4 is 13.3 Å². The maximum Gasteiger partial charge on any atom is 0.303 e. The summed E-state index contributed by atoms with van der Waals surface area (Å²) in [5.74, 6) is -1.88. The van der Waals surface area contributed by atoms with Gasteiger partial charge in [0.05, 0.1) is 5.78 Å². The predicted octanol–water partition coefficient (Wildman–Crippen LogP) is 1.60. The van der Waals surface area contributed by atoms with E-state index in [1.807, 2.05) is 6.92 Å². The zero-order valence-corrected chi connectivity index (χ0v) is 9.95. The van der Waals surface area contributed by atoms with Gasteiger partial charge in [0.15, 0.2) is 0 Å². The lowest BCUT2D eigenvalue weighted by atomic mass is 10.3. The average molecular weight is 237 g/mol. The molecule has 0 aliphatic heterocycles. The fourth-order valence-electron chi connectivity index (χ4n) is 1.23. The highest BCUT2D eigenvalue weighted by molar-refractivity contribution is 7.58. The van der Waals surface area contributed by atoms with Crippen LogP contribution in [0.3, 0.4) is 0 Å². The normalized spacial score (nSPS) is 17.0. The van der Waals surface area contributed by atoms with Crippen molar-refractivity contribution < 1.29 is 19.4 Å². The van der Waals surface area contributed by atoms with Crippen LogP contribution in [0, 0.1) is 0 Å². The van der Waals surface area contributed by atoms with Crippen molar-refractivity contribution in [3.8, 4) is 0 Å². The van der Waals surface area contributed by atoms with Crippen molar-refractivity contribution in [2.75, 3.05) is 6.16 Å². The number of carbonyl (C=O) groups is 1. The van der Waals surface area contributed by atoms with E-state index in [2.05, 4.69) is 0 Å². The van der Waals surface area contributed by atoms with Crippen molar-refractivity contribution in [3.63, 3.8) is 0 Å². The molecule has 0 aliphatic carbocycles. The first kappa shape index (κ1) is 14.6. The van der Waals surface area contributed by atoms with Crippen molar-refractivity contribution in [2.45, 2.75) is 44.8 Å². The van der Waals surface area contributed by atoms with Crippen LogP contribution in [0.4, 0.5) is 0 Å². The van der Waals surface area contributed by atoms with Crippen LogP contribution in [0.25, 0.3) is 0 Å². The maximum atomic E-state index is 11.6. The number of hydrogen-bond donors (Lipinski definition) is 3. The summed E-state index contributed by atoms with van der Waals surface area (Å²) in [5.41, 5.74) is 5.51. The summed E-state index contributed by atoms with van der Waals surface area (Å²) in [7, 11) is -3.36. The van der Waals surface area contributed by atoms with Crippen LogP contribution in [-0.4, -0.2) is 27.9 Å². The van der Waals surface area contributed by atoms with Crippen molar-refractivity contribution in [1.29, 1.82) is 0 Å². The van der Waals surface area contributed by atoms with E-state index in [0.29, 0.717) is 6.42 Å². The van der Waals surface area contributed by atoms with Gasteiger partial charge in [-0.05, 0) is 12.8 Å². The third kappa shape index (κ3) is 6.66. The Bertz CT molecular complexity index is 244. The molecular weight excluding hydrogens is 217 g/mol. The average Bonchev–Trinajstić information content (AvgIpc) is 2.14. The quantitative estimate of drug-likeness (QED) is 0.439. The Morgan fingerprint density at radius 2 is 2.07 bits per heavy atom. The minimum atomic E-state index is -3.36. The van der Waals surface area contributed by atoms with E-state index in [1.165, 1.54) is 0 Å². The third-order valence-electron chi connectivity index (χ3n) is 2.25. The second-order valence-corrected chi connectivity index (χ2v) is 6.31. The summed E-state index contributed by atoms with van der Waals surface area (Å²) < 4.78 is 11.6. The fourth-order valence-corrected chi connectivity index (χ4v) is 2.77. The molecular formula is C9H20NO4P. The molecule has 0 radical (unpaired) electrons. The van der Waals surface area contributed by atoms with E-state index in [1.54, 1.807) is 0 Å². The zero-order valence-electron chi connectivity index (χ0n) is 9.06. The number of rotatable bonds is 8. The number of hydrogen-bond acceptors (Lipinski definition) is 3. The highest BCUT2D eigenvalue weighted by atomic mass is 31.2. The molecule has 0 saturated heterocycles. The first-order chi connectivity index (χ1) is 6.90. The zero-order chi connectivity index (χ0) is 11.9. The van der Waals surface area contributed by atoms with Gasteiger partial charge in [-0.25, -0.2) is 0 Å². The van der Waals surface area contributed by atoms with Crippen molar-refractivity contribution in [3.05, 3.63) is 0 Å². The van der Waals surface area contributed by atoms with Crippen LogP contribution < -0.4 is 5.73 Å². The molecule has 0 fully saturated rings. The van der Waals surface area contributed by atoms with Crippen molar-refractivity contribution in [1.82, 2.24) is 0 Å². The first-order valence-electron chi connectivity index (χ1n) is 5.19. The van der Waals surface area contributed by atoms with Crippen molar-refractivity contribution in [2.24, 2.45) is 5.73 Å². The molecule has 0 heterocycles. The monoisotopic (exact) mass is 237 g/mol. The second-order valence-electron chi connectivity index (χ2n) is 3.69. The van der Waals surface area contributed by atoms with Gasteiger partial charge in [-0.3, -0.25) is 9.36 Å². The highest BCUT2D eigenvalue weighted by Gasteiger charge is 2.26. The molecule has 0 aromatic heterocycles. The van der Waals surface area contributed by atoms with Crippen LogP contribution in [-0.2, 0) is 9.36 Å². The predicted molar refractivity (Wildman–Crippen MR) is 59.1 cm³/mol. The van der Waals surface area contributed by atoms with E-state index in [-0.39, 0.29) is 19.0 Å². The summed E-state index contributed by atoms with van der Waals surface area (Å²) in [4.78, 5) is 19.8. The Labute approximate surface area is 90.1 Å². The lowest BCUT2D eigenvalue weighted by Crippen LogP contribution is -2.22. The largest absolute Gasteiger partial charge is 0.481 e. The highest BCUT2D eigenvalue weighted by Crippen LogP contribution is 2.46. The lowest BCUT2D eigenvalue weighted by molar-refractivity contribution is -0.137. The molecule has 2 unspecified atom stereocenters. The number of nitrogens with two attached hydrogens (primary N) is 1. The number of unbranched alkanes of at least 4 members (excludes halogenated alkanes) is 2. The van der Waals surface area contributed by atoms with Gasteiger partial charge in [0.2, 0.25) is 7.37 Å². The van der Waals surface area contributed by atoms with Crippen LogP contribution in [0.5, 0.6) is 0 Å². The molecule has 0 rings (SSSR count). The Balaban J connectivity index is 3.96. The molecule has 15 heavy (non-hydrogen) atoms. The Morgan fingerprint density at radius 1 is 1.47 bits per heavy atom. The molecule has 2 atom stereocenters. The standard InChI is InChI=1S/C9H20NO4P/c1-2-3-4-7-15(13,14)8(10)5-6-9(11)12/h8H,2-7,10H2,1H3,(H,11,12)(H,13,14). The molecule has 6 heteroatoms. The molecule has 0 spiro atoms. The van der Waals surface area contributed by atoms with Gasteiger partial charge < -0.3 is 15.7 Å². The fraction of sp³-hybridized carbons (Fsp3) is 0.889. The summed E-state index contributed by atoms with van der Waals surface area (Å²) in [5, 5.41) is 8.42. The van der Waals surface area contributed by atoms with Gasteiger partial charge in [-0.15, -0.1) is 0 Å². The topological polar surface area (TPSA) is 101 Å². The van der Waals surface area contributed by atoms with Crippen LogP contribution in [0.2, 0.25) is 0 Å². The van der Waals surface area contributed by atoms with E-state index >= 15 is 0 Å². The Morgan fingerprint density at radius 3 is 2.53 bits per heavy atom. The molecule has 90 valence electrons.